The number of hydrogen-bond donors (Lipinski definition) is 2. The number of rotatable bonds is 4. The second-order valence-electron chi connectivity index (χ2n) is 4.21. The molecule has 8 heteroatoms. The minimum Gasteiger partial charge on any atom is -0.292 e. The number of nitro groups is 1. The summed E-state index contributed by atoms with van der Waals surface area (Å²) in [7, 11) is 0. The van der Waals surface area contributed by atoms with Crippen LogP contribution in [0.1, 0.15) is 31.4 Å². The summed E-state index contributed by atoms with van der Waals surface area (Å²) in [4.78, 5) is 18.7. The van der Waals surface area contributed by atoms with Gasteiger partial charge in [0, 0.05) is 5.25 Å². The number of nitrogens with one attached hydrogen (secondary N) is 1. The molecule has 1 aliphatic rings. The van der Waals surface area contributed by atoms with Crippen molar-refractivity contribution in [3.8, 4) is 0 Å². The number of hydrogen-bond acceptors (Lipinski definition) is 7. The summed E-state index contributed by atoms with van der Waals surface area (Å²) >= 11 is 1.46. The lowest BCUT2D eigenvalue weighted by Crippen LogP contribution is -2.13. The van der Waals surface area contributed by atoms with Gasteiger partial charge in [-0.1, -0.05) is 24.6 Å². The van der Waals surface area contributed by atoms with Gasteiger partial charge in [-0.25, -0.2) is 10.8 Å². The lowest BCUT2D eigenvalue weighted by atomic mass is 10.4. The van der Waals surface area contributed by atoms with Crippen LogP contribution in [0.25, 0.3) is 0 Å². The van der Waals surface area contributed by atoms with Gasteiger partial charge in [0.15, 0.2) is 5.03 Å². The predicted octanol–water partition coefficient (Wildman–Crippen LogP) is 2.01. The Hall–Kier alpha value is -1.41. The zero-order chi connectivity index (χ0) is 13.1. The lowest BCUT2D eigenvalue weighted by Gasteiger charge is -2.10. The number of anilines is 1. The molecule has 0 bridgehead atoms. The molecule has 18 heavy (non-hydrogen) atoms. The van der Waals surface area contributed by atoms with Gasteiger partial charge in [0.25, 0.3) is 0 Å². The van der Waals surface area contributed by atoms with Gasteiger partial charge >= 0.3 is 5.69 Å². The fourth-order valence-electron chi connectivity index (χ4n) is 2.06. The number of hydrazine groups is 1. The molecular weight excluding hydrogens is 254 g/mol. The molecule has 0 aliphatic heterocycles. The van der Waals surface area contributed by atoms with E-state index in [0.717, 1.165) is 12.8 Å². The quantitative estimate of drug-likeness (QED) is 0.372. The molecule has 98 valence electrons. The van der Waals surface area contributed by atoms with Crippen molar-refractivity contribution in [2.75, 3.05) is 5.43 Å². The Morgan fingerprint density at radius 1 is 1.44 bits per heavy atom. The Kier molecular flexibility index (Phi) is 3.97. The SMILES string of the molecule is Cc1nc(NN)nc(SC2CCCC2)c1[N+](=O)[O-]. The van der Waals surface area contributed by atoms with Gasteiger partial charge in [-0.2, -0.15) is 4.98 Å². The fraction of sp³-hybridized carbons (Fsp3) is 0.600. The van der Waals surface area contributed by atoms with Crippen LogP contribution in [0.3, 0.4) is 0 Å². The predicted molar refractivity (Wildman–Crippen MR) is 69.3 cm³/mol. The molecule has 0 spiro atoms. The third-order valence-corrected chi connectivity index (χ3v) is 4.23. The van der Waals surface area contributed by atoms with Crippen molar-refractivity contribution in [1.82, 2.24) is 9.97 Å². The summed E-state index contributed by atoms with van der Waals surface area (Å²) in [5, 5.41) is 11.9. The molecule has 3 N–H and O–H groups in total. The van der Waals surface area contributed by atoms with Crippen LogP contribution < -0.4 is 11.3 Å². The molecular formula is C10H15N5O2S. The van der Waals surface area contributed by atoms with Gasteiger partial charge in [0.1, 0.15) is 5.69 Å². The van der Waals surface area contributed by atoms with Gasteiger partial charge in [-0.05, 0) is 19.8 Å². The third kappa shape index (κ3) is 2.70. The van der Waals surface area contributed by atoms with Crippen molar-refractivity contribution in [3.63, 3.8) is 0 Å². The molecule has 1 aromatic rings. The highest BCUT2D eigenvalue weighted by molar-refractivity contribution is 8.00. The minimum absolute atomic E-state index is 0.00843. The molecule has 0 aromatic carbocycles. The maximum absolute atomic E-state index is 11.1. The van der Waals surface area contributed by atoms with Crippen molar-refractivity contribution in [3.05, 3.63) is 15.8 Å². The zero-order valence-electron chi connectivity index (χ0n) is 10.0. The highest BCUT2D eigenvalue weighted by Gasteiger charge is 2.26. The Balaban J connectivity index is 2.34. The fourth-order valence-corrected chi connectivity index (χ4v) is 3.42. The first-order chi connectivity index (χ1) is 8.61. The van der Waals surface area contributed by atoms with Crippen LogP contribution in [0.2, 0.25) is 0 Å². The number of thioether (sulfide) groups is 1. The monoisotopic (exact) mass is 269 g/mol. The Bertz CT molecular complexity index is 462. The maximum atomic E-state index is 11.1. The second kappa shape index (κ2) is 5.49. The Labute approximate surface area is 109 Å². The number of nitrogens with two attached hydrogens (primary N) is 1. The summed E-state index contributed by atoms with van der Waals surface area (Å²) in [6.45, 7) is 1.60. The highest BCUT2D eigenvalue weighted by atomic mass is 32.2. The molecule has 1 aromatic heterocycles. The first kappa shape index (κ1) is 13.0. The normalized spacial score (nSPS) is 15.9. The third-order valence-electron chi connectivity index (χ3n) is 2.92. The highest BCUT2D eigenvalue weighted by Crippen LogP contribution is 2.38. The van der Waals surface area contributed by atoms with Crippen molar-refractivity contribution in [1.29, 1.82) is 0 Å². The van der Waals surface area contributed by atoms with Crippen LogP contribution in [-0.2, 0) is 0 Å². The summed E-state index contributed by atoms with van der Waals surface area (Å²) < 4.78 is 0. The number of nitrogen functional groups attached to an aromatic ring is 1. The number of aromatic nitrogens is 2. The van der Waals surface area contributed by atoms with Crippen LogP contribution in [0.5, 0.6) is 0 Å². The first-order valence-electron chi connectivity index (χ1n) is 5.78. The Morgan fingerprint density at radius 3 is 2.67 bits per heavy atom. The molecule has 1 aliphatic carbocycles. The van der Waals surface area contributed by atoms with Crippen LogP contribution in [0.4, 0.5) is 11.6 Å². The van der Waals surface area contributed by atoms with Crippen molar-refractivity contribution in [2.24, 2.45) is 5.84 Å². The van der Waals surface area contributed by atoms with E-state index < -0.39 is 4.92 Å². The average Bonchev–Trinajstić information content (AvgIpc) is 2.80. The van der Waals surface area contributed by atoms with Gasteiger partial charge in [0.2, 0.25) is 5.95 Å². The summed E-state index contributed by atoms with van der Waals surface area (Å²) in [6, 6.07) is 0. The van der Waals surface area contributed by atoms with Crippen LogP contribution in [-0.4, -0.2) is 20.1 Å². The van der Waals surface area contributed by atoms with Gasteiger partial charge < -0.3 is 0 Å². The molecule has 1 saturated carbocycles. The number of aryl methyl sites for hydroxylation is 1. The summed E-state index contributed by atoms with van der Waals surface area (Å²) in [5.41, 5.74) is 2.67. The van der Waals surface area contributed by atoms with Crippen molar-refractivity contribution in [2.45, 2.75) is 42.9 Å². The topological polar surface area (TPSA) is 107 Å². The van der Waals surface area contributed by atoms with Gasteiger partial charge in [-0.15, -0.1) is 0 Å². The van der Waals surface area contributed by atoms with E-state index in [2.05, 4.69) is 15.4 Å². The molecule has 0 unspecified atom stereocenters. The summed E-state index contributed by atoms with van der Waals surface area (Å²) in [6.07, 6.45) is 4.52. The van der Waals surface area contributed by atoms with Gasteiger partial charge in [0.05, 0.1) is 4.92 Å². The first-order valence-corrected chi connectivity index (χ1v) is 6.66. The van der Waals surface area contributed by atoms with Crippen molar-refractivity contribution >= 4 is 23.4 Å². The molecule has 0 atom stereocenters. The number of nitrogens with zero attached hydrogens (tertiary/aromatic N) is 3. The Morgan fingerprint density at radius 2 is 2.11 bits per heavy atom. The minimum atomic E-state index is -0.424. The maximum Gasteiger partial charge on any atom is 0.322 e. The van der Waals surface area contributed by atoms with Crippen LogP contribution in [0, 0.1) is 17.0 Å². The van der Waals surface area contributed by atoms with Crippen LogP contribution >= 0.6 is 11.8 Å². The molecule has 0 radical (unpaired) electrons. The second-order valence-corrected chi connectivity index (χ2v) is 5.50. The van der Waals surface area contributed by atoms with E-state index in [1.54, 1.807) is 6.92 Å². The van der Waals surface area contributed by atoms with E-state index >= 15 is 0 Å². The van der Waals surface area contributed by atoms with Crippen LogP contribution in [0.15, 0.2) is 5.03 Å². The lowest BCUT2D eigenvalue weighted by molar-refractivity contribution is -0.389. The van der Waals surface area contributed by atoms with Crippen molar-refractivity contribution < 1.29 is 4.92 Å². The van der Waals surface area contributed by atoms with E-state index in [0.29, 0.717) is 16.0 Å². The average molecular weight is 269 g/mol. The molecule has 1 fully saturated rings. The summed E-state index contributed by atoms with van der Waals surface area (Å²) in [5.74, 6) is 5.49. The smallest absolute Gasteiger partial charge is 0.292 e. The van der Waals surface area contributed by atoms with E-state index in [4.69, 9.17) is 5.84 Å². The standard InChI is InChI=1S/C10H15N5O2S/c1-6-8(15(16)17)9(13-10(12-6)14-11)18-7-4-2-3-5-7/h7H,2-5,11H2,1H3,(H,12,13,14). The largest absolute Gasteiger partial charge is 0.322 e. The molecule has 0 saturated heterocycles. The van der Waals surface area contributed by atoms with E-state index in [-0.39, 0.29) is 11.6 Å². The molecule has 0 amide bonds. The molecule has 2 rings (SSSR count). The van der Waals surface area contributed by atoms with E-state index in [1.807, 2.05) is 0 Å². The molecule has 1 heterocycles. The van der Waals surface area contributed by atoms with E-state index in [1.165, 1.54) is 24.6 Å². The van der Waals surface area contributed by atoms with Gasteiger partial charge in [-0.3, -0.25) is 15.5 Å². The van der Waals surface area contributed by atoms with E-state index in [9.17, 15) is 10.1 Å². The molecule has 7 nitrogen and oxygen atoms in total. The zero-order valence-corrected chi connectivity index (χ0v) is 10.9.